The standard InChI is InChI=1S/C44H74O8/c1-33-31-35(43(47)49-33)23-19-15-11-7-3-5-9-13-17-21-25-37(45)39-27-29-41(51-39)42-30-28-40(52-42)38(46)26-22-18-14-10-6-4-8-12-16-20-24-36-32-34(2)50-44(36)48/h31-34,37-42,45-46H,3-30H2,1-2H3/t33-,34?,37?,38+,39-,40-,41-,42-/m0/s1. The van der Waals surface area contributed by atoms with E-state index in [1.165, 1.54) is 103 Å². The van der Waals surface area contributed by atoms with Crippen molar-refractivity contribution in [2.75, 3.05) is 0 Å². The number of carbonyl (C=O) groups excluding carboxylic acids is 2. The summed E-state index contributed by atoms with van der Waals surface area (Å²) >= 11 is 0. The summed E-state index contributed by atoms with van der Waals surface area (Å²) in [6.07, 6.45) is 34.1. The fraction of sp³-hybridized carbons (Fsp3) is 0.864. The first-order valence-electron chi connectivity index (χ1n) is 21.8. The topological polar surface area (TPSA) is 112 Å². The third-order valence-corrected chi connectivity index (χ3v) is 11.8. The van der Waals surface area contributed by atoms with Gasteiger partial charge in [0.1, 0.15) is 12.2 Å². The molecule has 8 heteroatoms. The van der Waals surface area contributed by atoms with Crippen LogP contribution in [0.3, 0.4) is 0 Å². The van der Waals surface area contributed by atoms with Crippen LogP contribution in [0.25, 0.3) is 0 Å². The highest BCUT2D eigenvalue weighted by atomic mass is 16.6. The number of aliphatic hydroxyl groups is 2. The Morgan fingerprint density at radius 3 is 1.12 bits per heavy atom. The van der Waals surface area contributed by atoms with Crippen LogP contribution in [-0.2, 0) is 28.5 Å². The summed E-state index contributed by atoms with van der Waals surface area (Å²) in [5.74, 6) is -0.245. The summed E-state index contributed by atoms with van der Waals surface area (Å²) < 4.78 is 23.0. The van der Waals surface area contributed by atoms with E-state index in [0.29, 0.717) is 0 Å². The lowest BCUT2D eigenvalue weighted by Gasteiger charge is -2.24. The SMILES string of the molecule is CC1C=C(CCCCCCCCCCCC[C@@H](O)[C@@H]2CC[C@@H]([C@@H]3CC[C@@H](C(O)CCCCCCCCCCCCC4=C[C@H](C)OC4=O)O3)O2)C(=O)O1. The van der Waals surface area contributed by atoms with E-state index >= 15 is 0 Å². The van der Waals surface area contributed by atoms with Gasteiger partial charge in [-0.1, -0.05) is 116 Å². The maximum absolute atomic E-state index is 11.7. The Morgan fingerprint density at radius 1 is 0.500 bits per heavy atom. The minimum absolute atomic E-state index is 0.0455. The van der Waals surface area contributed by atoms with Gasteiger partial charge >= 0.3 is 11.9 Å². The number of unbranched alkanes of at least 4 members (excludes halogenated alkanes) is 18. The van der Waals surface area contributed by atoms with Crippen molar-refractivity contribution in [3.05, 3.63) is 23.3 Å². The average Bonchev–Trinajstić information content (AvgIpc) is 3.93. The highest BCUT2D eigenvalue weighted by molar-refractivity contribution is 5.91. The molecule has 0 aliphatic carbocycles. The van der Waals surface area contributed by atoms with E-state index in [1.54, 1.807) is 0 Å². The van der Waals surface area contributed by atoms with Crippen LogP contribution in [0.2, 0.25) is 0 Å². The van der Waals surface area contributed by atoms with Crippen molar-refractivity contribution in [3.8, 4) is 0 Å². The lowest BCUT2D eigenvalue weighted by atomic mass is 10.00. The van der Waals surface area contributed by atoms with Gasteiger partial charge in [0.25, 0.3) is 0 Å². The second-order valence-corrected chi connectivity index (χ2v) is 16.5. The Hall–Kier alpha value is -1.74. The molecule has 0 aromatic heterocycles. The van der Waals surface area contributed by atoms with E-state index in [0.717, 1.165) is 88.2 Å². The first-order valence-corrected chi connectivity index (χ1v) is 21.8. The third-order valence-electron chi connectivity index (χ3n) is 11.8. The number of rotatable bonds is 29. The van der Waals surface area contributed by atoms with Gasteiger partial charge in [0.2, 0.25) is 0 Å². The van der Waals surface area contributed by atoms with E-state index in [9.17, 15) is 19.8 Å². The number of hydrogen-bond donors (Lipinski definition) is 2. The van der Waals surface area contributed by atoms with Crippen LogP contribution in [-0.4, -0.2) is 71.0 Å². The number of aliphatic hydroxyl groups excluding tert-OH is 2. The van der Waals surface area contributed by atoms with Crippen LogP contribution in [0.1, 0.15) is 194 Å². The first-order chi connectivity index (χ1) is 25.3. The molecule has 0 aromatic rings. The van der Waals surface area contributed by atoms with E-state index in [2.05, 4.69) is 0 Å². The molecule has 8 nitrogen and oxygen atoms in total. The largest absolute Gasteiger partial charge is 0.455 e. The number of hydrogen-bond acceptors (Lipinski definition) is 8. The van der Waals surface area contributed by atoms with Gasteiger partial charge in [-0.05, 0) is 90.2 Å². The predicted octanol–water partition coefficient (Wildman–Crippen LogP) is 9.91. The summed E-state index contributed by atoms with van der Waals surface area (Å²) in [6, 6.07) is 0. The van der Waals surface area contributed by atoms with Crippen LogP contribution in [0.4, 0.5) is 0 Å². The van der Waals surface area contributed by atoms with Crippen molar-refractivity contribution >= 4 is 11.9 Å². The zero-order chi connectivity index (χ0) is 37.0. The fourth-order valence-corrected chi connectivity index (χ4v) is 8.66. The lowest BCUT2D eigenvalue weighted by Crippen LogP contribution is -2.33. The maximum atomic E-state index is 11.7. The molecule has 0 aromatic carbocycles. The van der Waals surface area contributed by atoms with E-state index in [4.69, 9.17) is 18.9 Å². The molecule has 0 spiro atoms. The van der Waals surface area contributed by atoms with Crippen LogP contribution in [0.15, 0.2) is 23.3 Å². The maximum Gasteiger partial charge on any atom is 0.334 e. The van der Waals surface area contributed by atoms with Gasteiger partial charge < -0.3 is 29.2 Å². The van der Waals surface area contributed by atoms with E-state index < -0.39 is 12.2 Å². The average molecular weight is 731 g/mol. The Bertz CT molecular complexity index is 1000. The van der Waals surface area contributed by atoms with Crippen molar-refractivity contribution in [3.63, 3.8) is 0 Å². The zero-order valence-corrected chi connectivity index (χ0v) is 32.9. The highest BCUT2D eigenvalue weighted by Crippen LogP contribution is 2.35. The number of cyclic esters (lactones) is 2. The Labute approximate surface area is 315 Å². The van der Waals surface area contributed by atoms with Gasteiger partial charge in [-0.3, -0.25) is 0 Å². The third kappa shape index (κ3) is 15.9. The van der Waals surface area contributed by atoms with Crippen LogP contribution >= 0.6 is 0 Å². The van der Waals surface area contributed by atoms with Gasteiger partial charge in [-0.15, -0.1) is 0 Å². The van der Waals surface area contributed by atoms with Gasteiger partial charge in [-0.2, -0.15) is 0 Å². The summed E-state index contributed by atoms with van der Waals surface area (Å²) in [5.41, 5.74) is 1.73. The Morgan fingerprint density at radius 2 is 0.808 bits per heavy atom. The van der Waals surface area contributed by atoms with Gasteiger partial charge in [0, 0.05) is 11.1 Å². The molecule has 2 N–H and O–H groups in total. The Kier molecular flexibility index (Phi) is 20.4. The van der Waals surface area contributed by atoms with Crippen molar-refractivity contribution in [1.82, 2.24) is 0 Å². The van der Waals surface area contributed by atoms with Gasteiger partial charge in [0.05, 0.1) is 36.6 Å². The van der Waals surface area contributed by atoms with Gasteiger partial charge in [0.15, 0.2) is 0 Å². The molecule has 0 radical (unpaired) electrons. The minimum atomic E-state index is -0.393. The highest BCUT2D eigenvalue weighted by Gasteiger charge is 2.40. The van der Waals surface area contributed by atoms with E-state index in [-0.39, 0.29) is 48.6 Å². The predicted molar refractivity (Wildman–Crippen MR) is 206 cm³/mol. The lowest BCUT2D eigenvalue weighted by molar-refractivity contribution is -0.140. The number of carbonyl (C=O) groups is 2. The molecule has 4 aliphatic heterocycles. The smallest absolute Gasteiger partial charge is 0.334 e. The van der Waals surface area contributed by atoms with Crippen LogP contribution in [0.5, 0.6) is 0 Å². The zero-order valence-electron chi connectivity index (χ0n) is 32.9. The second-order valence-electron chi connectivity index (χ2n) is 16.5. The molecule has 4 aliphatic rings. The quantitative estimate of drug-likeness (QED) is 0.0578. The molecule has 0 amide bonds. The van der Waals surface area contributed by atoms with Crippen LogP contribution in [0, 0.1) is 0 Å². The molecule has 0 saturated carbocycles. The molecule has 0 bridgehead atoms. The molecular weight excluding hydrogens is 656 g/mol. The molecular formula is C44H74O8. The summed E-state index contributed by atoms with van der Waals surface area (Å²) in [5, 5.41) is 21.6. The number of ether oxygens (including phenoxy) is 4. The summed E-state index contributed by atoms with van der Waals surface area (Å²) in [4.78, 5) is 23.3. The molecule has 52 heavy (non-hydrogen) atoms. The van der Waals surface area contributed by atoms with Gasteiger partial charge in [-0.25, -0.2) is 9.59 Å². The molecule has 4 rings (SSSR count). The molecule has 298 valence electrons. The summed E-state index contributed by atoms with van der Waals surface area (Å²) in [7, 11) is 0. The molecule has 8 atom stereocenters. The van der Waals surface area contributed by atoms with Crippen molar-refractivity contribution in [1.29, 1.82) is 0 Å². The van der Waals surface area contributed by atoms with E-state index in [1.807, 2.05) is 26.0 Å². The molecule has 2 saturated heterocycles. The van der Waals surface area contributed by atoms with Crippen molar-refractivity contribution in [2.45, 2.75) is 242 Å². The second kappa shape index (κ2) is 24.6. The Balaban J connectivity index is 0.899. The molecule has 2 fully saturated rings. The molecule has 2 unspecified atom stereocenters. The monoisotopic (exact) mass is 731 g/mol. The fourth-order valence-electron chi connectivity index (χ4n) is 8.66. The first kappa shape index (κ1) is 43.0. The van der Waals surface area contributed by atoms with Crippen LogP contribution < -0.4 is 0 Å². The number of esters is 2. The summed E-state index contributed by atoms with van der Waals surface area (Å²) in [6.45, 7) is 3.83. The van der Waals surface area contributed by atoms with Crippen molar-refractivity contribution in [2.24, 2.45) is 0 Å². The van der Waals surface area contributed by atoms with Crippen molar-refractivity contribution < 1.29 is 38.7 Å². The minimum Gasteiger partial charge on any atom is -0.455 e. The normalized spacial score (nSPS) is 27.2. The molecule has 4 heterocycles.